The van der Waals surface area contributed by atoms with Crippen molar-refractivity contribution in [3.63, 3.8) is 0 Å². The summed E-state index contributed by atoms with van der Waals surface area (Å²) in [6.07, 6.45) is 1.86. The average molecular weight is 588 g/mol. The molecule has 10 rings (SSSR count). The topological polar surface area (TPSA) is 43.9 Å². The zero-order valence-electron chi connectivity index (χ0n) is 24.7. The first-order valence-corrected chi connectivity index (χ1v) is 15.5. The molecule has 10 aromatic rings. The van der Waals surface area contributed by atoms with Crippen molar-refractivity contribution < 1.29 is 4.42 Å². The fourth-order valence-corrected chi connectivity index (χ4v) is 7.14. The van der Waals surface area contributed by atoms with Gasteiger partial charge in [-0.2, -0.15) is 0 Å². The van der Waals surface area contributed by atoms with E-state index < -0.39 is 0 Å². The summed E-state index contributed by atoms with van der Waals surface area (Å²) in [5, 5.41) is 8.36. The Morgan fingerprint density at radius 2 is 1.17 bits per heavy atom. The third kappa shape index (κ3) is 3.67. The smallest absolute Gasteiger partial charge is 0.246 e. The number of rotatable bonds is 3. The Hall–Kier alpha value is -6.26. The Labute approximate surface area is 263 Å². The van der Waals surface area contributed by atoms with Crippen molar-refractivity contribution in [3.05, 3.63) is 152 Å². The molecule has 214 valence electrons. The molecule has 4 nitrogen and oxygen atoms in total. The Bertz CT molecular complexity index is 2820. The fraction of sp³-hybridized carbons (Fsp3) is 0. The van der Waals surface area contributed by atoms with Crippen LogP contribution in [0.3, 0.4) is 0 Å². The van der Waals surface area contributed by atoms with E-state index in [9.17, 15) is 0 Å². The minimum absolute atomic E-state index is 0.551. The summed E-state index contributed by atoms with van der Waals surface area (Å²) in [6.45, 7) is 0. The second kappa shape index (κ2) is 9.62. The molecule has 0 aliphatic rings. The molecule has 0 radical (unpaired) electrons. The van der Waals surface area contributed by atoms with Crippen molar-refractivity contribution in [2.45, 2.75) is 0 Å². The highest BCUT2D eigenvalue weighted by molar-refractivity contribution is 6.21. The van der Waals surface area contributed by atoms with Crippen molar-refractivity contribution in [3.8, 4) is 28.1 Å². The number of aromatic nitrogens is 3. The highest BCUT2D eigenvalue weighted by Crippen LogP contribution is 2.38. The molecule has 0 spiro atoms. The highest BCUT2D eigenvalue weighted by atomic mass is 16.3. The number of nitrogens with zero attached hydrogens (tertiary/aromatic N) is 3. The summed E-state index contributed by atoms with van der Waals surface area (Å²) in [4.78, 5) is 9.81. The molecule has 0 fully saturated rings. The number of benzene rings is 7. The number of fused-ring (bicyclic) bond motifs is 10. The van der Waals surface area contributed by atoms with Gasteiger partial charge in [-0.15, -0.1) is 0 Å². The molecule has 0 N–H and O–H groups in total. The van der Waals surface area contributed by atoms with Gasteiger partial charge < -0.3 is 8.98 Å². The Kier molecular flexibility index (Phi) is 5.25. The molecule has 0 saturated heterocycles. The van der Waals surface area contributed by atoms with E-state index in [0.717, 1.165) is 55.3 Å². The maximum atomic E-state index is 6.22. The Morgan fingerprint density at radius 1 is 0.500 bits per heavy atom. The van der Waals surface area contributed by atoms with Crippen LogP contribution < -0.4 is 0 Å². The normalized spacial score (nSPS) is 11.9. The van der Waals surface area contributed by atoms with Crippen LogP contribution in [0.5, 0.6) is 0 Å². The lowest BCUT2D eigenvalue weighted by molar-refractivity contribution is 0.654. The van der Waals surface area contributed by atoms with E-state index in [4.69, 9.17) is 14.4 Å². The lowest BCUT2D eigenvalue weighted by atomic mass is 10.0. The highest BCUT2D eigenvalue weighted by Gasteiger charge is 2.16. The molecule has 0 amide bonds. The molecular formula is C42H25N3O. The lowest BCUT2D eigenvalue weighted by Gasteiger charge is -2.11. The summed E-state index contributed by atoms with van der Waals surface area (Å²) in [5.74, 6) is 0. The van der Waals surface area contributed by atoms with Gasteiger partial charge in [-0.05, 0) is 69.1 Å². The number of hydrogen-bond acceptors (Lipinski definition) is 3. The third-order valence-electron chi connectivity index (χ3n) is 9.23. The van der Waals surface area contributed by atoms with Crippen LogP contribution in [-0.4, -0.2) is 14.5 Å². The van der Waals surface area contributed by atoms with Crippen LogP contribution in [-0.2, 0) is 0 Å². The van der Waals surface area contributed by atoms with Crippen LogP contribution in [0.15, 0.2) is 156 Å². The molecule has 4 heteroatoms. The minimum Gasteiger partial charge on any atom is -0.436 e. The molecule has 0 saturated carbocycles. The zero-order chi connectivity index (χ0) is 30.2. The average Bonchev–Trinajstić information content (AvgIpc) is 3.68. The first-order valence-electron chi connectivity index (χ1n) is 15.5. The molecule has 7 aromatic carbocycles. The van der Waals surface area contributed by atoms with E-state index in [2.05, 4.69) is 132 Å². The summed E-state index contributed by atoms with van der Waals surface area (Å²) in [5.41, 5.74) is 9.69. The fourth-order valence-electron chi connectivity index (χ4n) is 7.14. The van der Waals surface area contributed by atoms with Gasteiger partial charge in [-0.25, -0.2) is 9.97 Å². The number of hydrogen-bond donors (Lipinski definition) is 0. The van der Waals surface area contributed by atoms with E-state index in [1.165, 1.54) is 32.6 Å². The SMILES string of the molecule is c1cc(-c2cccc(-n3c4ccccc4c4c5ccccc5ccc43)c2)cc(-c2cnc3c(n2)oc2ccc4ccccc4c23)c1. The maximum Gasteiger partial charge on any atom is 0.246 e. The van der Waals surface area contributed by atoms with Gasteiger partial charge in [0.1, 0.15) is 11.1 Å². The van der Waals surface area contributed by atoms with Crippen molar-refractivity contribution >= 4 is 65.6 Å². The van der Waals surface area contributed by atoms with Gasteiger partial charge in [0.2, 0.25) is 5.71 Å². The van der Waals surface area contributed by atoms with Gasteiger partial charge >= 0.3 is 0 Å². The van der Waals surface area contributed by atoms with E-state index in [1.54, 1.807) is 0 Å². The summed E-state index contributed by atoms with van der Waals surface area (Å²) >= 11 is 0. The minimum atomic E-state index is 0.551. The van der Waals surface area contributed by atoms with Crippen LogP contribution in [0.4, 0.5) is 0 Å². The molecule has 0 aliphatic carbocycles. The Balaban J connectivity index is 1.10. The van der Waals surface area contributed by atoms with E-state index in [1.807, 2.05) is 24.4 Å². The van der Waals surface area contributed by atoms with Crippen molar-refractivity contribution in [2.75, 3.05) is 0 Å². The van der Waals surface area contributed by atoms with E-state index >= 15 is 0 Å². The van der Waals surface area contributed by atoms with Crippen LogP contribution in [0.2, 0.25) is 0 Å². The van der Waals surface area contributed by atoms with Crippen LogP contribution in [0.1, 0.15) is 0 Å². The third-order valence-corrected chi connectivity index (χ3v) is 9.23. The van der Waals surface area contributed by atoms with Gasteiger partial charge in [0.25, 0.3) is 0 Å². The molecule has 0 atom stereocenters. The second-order valence-corrected chi connectivity index (χ2v) is 11.8. The Morgan fingerprint density at radius 3 is 2.02 bits per heavy atom. The van der Waals surface area contributed by atoms with Crippen molar-refractivity contribution in [1.29, 1.82) is 0 Å². The second-order valence-electron chi connectivity index (χ2n) is 11.8. The first kappa shape index (κ1) is 25.1. The van der Waals surface area contributed by atoms with E-state index in [0.29, 0.717) is 5.71 Å². The molecular weight excluding hydrogens is 562 g/mol. The van der Waals surface area contributed by atoms with Gasteiger partial charge in [0.05, 0.1) is 28.3 Å². The zero-order valence-corrected chi connectivity index (χ0v) is 24.7. The predicted molar refractivity (Wildman–Crippen MR) is 190 cm³/mol. The van der Waals surface area contributed by atoms with Gasteiger partial charge in [0, 0.05) is 22.0 Å². The van der Waals surface area contributed by atoms with Gasteiger partial charge in [0.15, 0.2) is 0 Å². The van der Waals surface area contributed by atoms with Crippen LogP contribution in [0, 0.1) is 0 Å². The van der Waals surface area contributed by atoms with Gasteiger partial charge in [-0.3, -0.25) is 0 Å². The lowest BCUT2D eigenvalue weighted by Crippen LogP contribution is -1.94. The van der Waals surface area contributed by atoms with Crippen molar-refractivity contribution in [2.24, 2.45) is 0 Å². The molecule has 3 heterocycles. The molecule has 0 unspecified atom stereocenters. The van der Waals surface area contributed by atoms with Crippen molar-refractivity contribution in [1.82, 2.24) is 14.5 Å². The molecule has 0 aliphatic heterocycles. The standard InChI is InChI=1S/C42H25N3O/c1-3-15-32-26(9-1)19-21-37-39(32)34-17-5-6-18-36(34)45(37)31-14-8-12-29(24-31)28-11-7-13-30(23-28)35-25-43-41-40-33-16-4-2-10-27(33)20-22-38(40)46-42(41)44-35/h1-25H. The summed E-state index contributed by atoms with van der Waals surface area (Å²) < 4.78 is 8.60. The number of para-hydroxylation sites is 1. The summed E-state index contributed by atoms with van der Waals surface area (Å²) in [6, 6.07) is 51.5. The van der Waals surface area contributed by atoms with Crippen LogP contribution >= 0.6 is 0 Å². The maximum absolute atomic E-state index is 6.22. The van der Waals surface area contributed by atoms with Crippen LogP contribution in [0.25, 0.3) is 93.6 Å². The molecule has 46 heavy (non-hydrogen) atoms. The van der Waals surface area contributed by atoms with E-state index in [-0.39, 0.29) is 0 Å². The molecule has 3 aromatic heterocycles. The summed E-state index contributed by atoms with van der Waals surface area (Å²) in [7, 11) is 0. The predicted octanol–water partition coefficient (Wildman–Crippen LogP) is 11.1. The molecule has 0 bridgehead atoms. The van der Waals surface area contributed by atoms with Gasteiger partial charge in [-0.1, -0.05) is 109 Å². The first-order chi connectivity index (χ1) is 22.8. The monoisotopic (exact) mass is 587 g/mol. The largest absolute Gasteiger partial charge is 0.436 e. The number of furan rings is 1. The quantitative estimate of drug-likeness (QED) is 0.207.